The molecule has 2 aromatic carbocycles. The lowest BCUT2D eigenvalue weighted by molar-refractivity contribution is 0.630. The molecule has 0 spiro atoms. The van der Waals surface area contributed by atoms with Crippen molar-refractivity contribution in [2.24, 2.45) is 16.7 Å². The van der Waals surface area contributed by atoms with Gasteiger partial charge in [0.05, 0.1) is 6.21 Å². The number of benzene rings is 2. The minimum Gasteiger partial charge on any atom is -0.385 e. The highest BCUT2D eigenvalue weighted by Gasteiger charge is 2.13. The van der Waals surface area contributed by atoms with E-state index in [1.54, 1.807) is 18.4 Å². The summed E-state index contributed by atoms with van der Waals surface area (Å²) in [7, 11) is 1.50. The quantitative estimate of drug-likeness (QED) is 0.267. The van der Waals surface area contributed by atoms with Crippen molar-refractivity contribution in [2.45, 2.75) is 33.1 Å². The third-order valence-electron chi connectivity index (χ3n) is 4.24. The van der Waals surface area contributed by atoms with Crippen molar-refractivity contribution >= 4 is 18.0 Å². The van der Waals surface area contributed by atoms with Crippen molar-refractivity contribution < 1.29 is 4.39 Å². The Morgan fingerprint density at radius 2 is 1.96 bits per heavy atom. The lowest BCUT2D eigenvalue weighted by atomic mass is 9.94. The van der Waals surface area contributed by atoms with Gasteiger partial charge in [0.25, 0.3) is 0 Å². The maximum Gasteiger partial charge on any atom is 0.131 e. The third kappa shape index (κ3) is 5.93. The summed E-state index contributed by atoms with van der Waals surface area (Å²) in [5.74, 6) is 5.13. The van der Waals surface area contributed by atoms with E-state index in [0.717, 1.165) is 47.3 Å². The van der Waals surface area contributed by atoms with Crippen molar-refractivity contribution in [2.75, 3.05) is 18.9 Å². The molecule has 27 heavy (non-hydrogen) atoms. The standard InChI is InChI=1S/C21H26FN3.CH5N/c1-4-6-7-11-24-20-13-16(12-17(14-25-23)18(20)5-2)21-15(3)9-8-10-19(21)22;1-2/h5,8-10,12-14,24H,2,4,6-7,11,23H2,1,3H3;2H2,1H3/b25-14-;. The number of nitrogens with two attached hydrogens (primary N) is 2. The first kappa shape index (κ1) is 22.4. The summed E-state index contributed by atoms with van der Waals surface area (Å²) in [5.41, 5.74) is 9.44. The van der Waals surface area contributed by atoms with Gasteiger partial charge in [0.1, 0.15) is 5.82 Å². The summed E-state index contributed by atoms with van der Waals surface area (Å²) in [4.78, 5) is 0. The van der Waals surface area contributed by atoms with Gasteiger partial charge in [0.15, 0.2) is 0 Å². The molecule has 0 amide bonds. The predicted molar refractivity (Wildman–Crippen MR) is 117 cm³/mol. The Morgan fingerprint density at radius 3 is 2.56 bits per heavy atom. The van der Waals surface area contributed by atoms with Crippen LogP contribution in [0.3, 0.4) is 0 Å². The van der Waals surface area contributed by atoms with E-state index in [0.29, 0.717) is 5.56 Å². The van der Waals surface area contributed by atoms with Crippen LogP contribution < -0.4 is 16.9 Å². The molecular weight excluding hydrogens is 339 g/mol. The van der Waals surface area contributed by atoms with Gasteiger partial charge in [-0.1, -0.05) is 44.6 Å². The Hall–Kier alpha value is -2.66. The molecule has 2 rings (SSSR count). The number of nitrogens with zero attached hydrogens (tertiary/aromatic N) is 1. The van der Waals surface area contributed by atoms with Crippen LogP contribution in [0.5, 0.6) is 0 Å². The summed E-state index contributed by atoms with van der Waals surface area (Å²) in [6, 6.07) is 8.98. The monoisotopic (exact) mass is 370 g/mol. The Balaban J connectivity index is 0.00000176. The molecule has 0 bridgehead atoms. The molecule has 0 unspecified atom stereocenters. The van der Waals surface area contributed by atoms with Crippen molar-refractivity contribution in [1.29, 1.82) is 0 Å². The maximum absolute atomic E-state index is 14.4. The van der Waals surface area contributed by atoms with Crippen LogP contribution in [0.4, 0.5) is 10.1 Å². The molecule has 0 aliphatic heterocycles. The molecule has 0 aliphatic carbocycles. The second-order valence-electron chi connectivity index (χ2n) is 6.07. The van der Waals surface area contributed by atoms with Crippen molar-refractivity contribution in [3.8, 4) is 11.1 Å². The number of hydrazone groups is 1. The summed E-state index contributed by atoms with van der Waals surface area (Å²) < 4.78 is 14.4. The number of aryl methyl sites for hydroxylation is 1. The zero-order chi connectivity index (χ0) is 20.2. The molecule has 2 aromatic rings. The molecule has 5 heteroatoms. The van der Waals surface area contributed by atoms with Gasteiger partial charge in [-0.25, -0.2) is 4.39 Å². The van der Waals surface area contributed by atoms with Gasteiger partial charge >= 0.3 is 0 Å². The van der Waals surface area contributed by atoms with Gasteiger partial charge in [-0.15, -0.1) is 0 Å². The van der Waals surface area contributed by atoms with Crippen molar-refractivity contribution in [1.82, 2.24) is 0 Å². The number of nitrogens with one attached hydrogen (secondary N) is 1. The smallest absolute Gasteiger partial charge is 0.131 e. The van der Waals surface area contributed by atoms with E-state index >= 15 is 0 Å². The zero-order valence-electron chi connectivity index (χ0n) is 16.6. The number of unbranched alkanes of at least 4 members (excludes halogenated alkanes) is 2. The molecule has 0 aliphatic rings. The van der Waals surface area contributed by atoms with Crippen LogP contribution >= 0.6 is 0 Å². The number of rotatable bonds is 8. The first-order chi connectivity index (χ1) is 13.1. The Bertz CT molecular complexity index is 749. The molecule has 0 saturated heterocycles. The van der Waals surface area contributed by atoms with Gasteiger partial charge in [0.2, 0.25) is 0 Å². The average Bonchev–Trinajstić information content (AvgIpc) is 2.67. The van der Waals surface area contributed by atoms with E-state index in [9.17, 15) is 4.39 Å². The topological polar surface area (TPSA) is 76.4 Å². The van der Waals surface area contributed by atoms with E-state index in [1.807, 2.05) is 25.1 Å². The lowest BCUT2D eigenvalue weighted by Crippen LogP contribution is -2.06. The van der Waals surface area contributed by atoms with Crippen LogP contribution in [0.1, 0.15) is 42.9 Å². The van der Waals surface area contributed by atoms with E-state index in [-0.39, 0.29) is 5.82 Å². The Kier molecular flexibility index (Phi) is 9.83. The summed E-state index contributed by atoms with van der Waals surface area (Å²) in [6.45, 7) is 8.84. The van der Waals surface area contributed by atoms with Crippen LogP contribution in [0, 0.1) is 12.7 Å². The van der Waals surface area contributed by atoms with Crippen molar-refractivity contribution in [3.63, 3.8) is 0 Å². The van der Waals surface area contributed by atoms with Gasteiger partial charge in [-0.3, -0.25) is 0 Å². The van der Waals surface area contributed by atoms with Crippen LogP contribution in [0.15, 0.2) is 42.0 Å². The highest BCUT2D eigenvalue weighted by Crippen LogP contribution is 2.32. The van der Waals surface area contributed by atoms with E-state index in [2.05, 4.69) is 29.7 Å². The molecule has 0 heterocycles. The Labute approximate surface area is 162 Å². The average molecular weight is 371 g/mol. The number of hydrogen-bond acceptors (Lipinski definition) is 4. The van der Waals surface area contributed by atoms with E-state index < -0.39 is 0 Å². The van der Waals surface area contributed by atoms with Gasteiger partial charge < -0.3 is 16.9 Å². The number of hydrogen-bond donors (Lipinski definition) is 3. The predicted octanol–water partition coefficient (Wildman–Crippen LogP) is 4.91. The lowest BCUT2D eigenvalue weighted by Gasteiger charge is -2.16. The minimum absolute atomic E-state index is 0.237. The summed E-state index contributed by atoms with van der Waals surface area (Å²) in [5, 5.41) is 7.10. The van der Waals surface area contributed by atoms with E-state index in [1.165, 1.54) is 19.5 Å². The molecule has 4 nitrogen and oxygen atoms in total. The fraction of sp³-hybridized carbons (Fsp3) is 0.318. The first-order valence-electron chi connectivity index (χ1n) is 9.23. The fourth-order valence-electron chi connectivity index (χ4n) is 2.98. The van der Waals surface area contributed by atoms with Crippen molar-refractivity contribution in [3.05, 3.63) is 59.4 Å². The van der Waals surface area contributed by atoms with Crippen LogP contribution in [-0.4, -0.2) is 19.8 Å². The molecule has 0 fully saturated rings. The SMILES string of the molecule is C=Cc1c(/C=N\N)cc(-c2c(C)cccc2F)cc1NCCCCC.CN. The molecule has 0 atom stereocenters. The van der Waals surface area contributed by atoms with Gasteiger partial charge in [-0.05, 0) is 49.7 Å². The summed E-state index contributed by atoms with van der Waals surface area (Å²) >= 11 is 0. The highest BCUT2D eigenvalue weighted by atomic mass is 19.1. The normalized spacial score (nSPS) is 10.4. The molecule has 0 aromatic heterocycles. The molecule has 5 N–H and O–H groups in total. The number of halogens is 1. The second-order valence-corrected chi connectivity index (χ2v) is 6.07. The maximum atomic E-state index is 14.4. The van der Waals surface area contributed by atoms with Gasteiger partial charge in [0, 0.05) is 28.9 Å². The van der Waals surface area contributed by atoms with Gasteiger partial charge in [-0.2, -0.15) is 5.10 Å². The second kappa shape index (κ2) is 11.9. The first-order valence-corrected chi connectivity index (χ1v) is 9.23. The number of anilines is 1. The fourth-order valence-corrected chi connectivity index (χ4v) is 2.98. The van der Waals surface area contributed by atoms with Crippen LogP contribution in [0.2, 0.25) is 0 Å². The highest BCUT2D eigenvalue weighted by molar-refractivity contribution is 5.92. The van der Waals surface area contributed by atoms with Crippen LogP contribution in [-0.2, 0) is 0 Å². The molecular formula is C22H31FN4. The largest absolute Gasteiger partial charge is 0.385 e. The Morgan fingerprint density at radius 1 is 1.22 bits per heavy atom. The third-order valence-corrected chi connectivity index (χ3v) is 4.24. The molecule has 146 valence electrons. The minimum atomic E-state index is -0.237. The van der Waals surface area contributed by atoms with Crippen LogP contribution in [0.25, 0.3) is 17.2 Å². The van der Waals surface area contributed by atoms with E-state index in [4.69, 9.17) is 5.84 Å². The molecule has 0 saturated carbocycles. The summed E-state index contributed by atoms with van der Waals surface area (Å²) in [6.07, 6.45) is 6.76. The zero-order valence-corrected chi connectivity index (χ0v) is 16.6. The molecule has 0 radical (unpaired) electrons.